The SMILES string of the molecule is Cc1cccc(N=C/C(=C/Nc2cccc(C)c2C)C(F)(F)F)c1C. The molecule has 0 fully saturated rings. The number of hydrogen-bond donors (Lipinski definition) is 1. The number of benzene rings is 2. The largest absolute Gasteiger partial charge is 0.419 e. The van der Waals surface area contributed by atoms with Gasteiger partial charge in [0, 0.05) is 18.1 Å². The van der Waals surface area contributed by atoms with Gasteiger partial charge in [0.15, 0.2) is 0 Å². The molecule has 0 unspecified atom stereocenters. The summed E-state index contributed by atoms with van der Waals surface area (Å²) >= 11 is 0. The molecule has 2 nitrogen and oxygen atoms in total. The van der Waals surface area contributed by atoms with Crippen LogP contribution in [0.3, 0.4) is 0 Å². The van der Waals surface area contributed by atoms with Crippen LogP contribution in [0, 0.1) is 27.7 Å². The Morgan fingerprint density at radius 1 is 0.920 bits per heavy atom. The standard InChI is InChI=1S/C20H21F3N2/c1-13-7-5-9-18(15(13)3)24-11-17(20(21,22)23)12-25-19-10-6-8-14(2)16(19)4/h5-12,24H,1-4H3/b17-11-,25-12?. The molecule has 0 atom stereocenters. The molecule has 0 bridgehead atoms. The van der Waals surface area contributed by atoms with E-state index in [2.05, 4.69) is 10.3 Å². The number of aliphatic imine (C=N–C) groups is 1. The van der Waals surface area contributed by atoms with Gasteiger partial charge in [0.2, 0.25) is 0 Å². The van der Waals surface area contributed by atoms with Crippen LogP contribution in [0.2, 0.25) is 0 Å². The van der Waals surface area contributed by atoms with Crippen LogP contribution in [-0.4, -0.2) is 12.4 Å². The molecule has 2 rings (SSSR count). The van der Waals surface area contributed by atoms with Crippen LogP contribution >= 0.6 is 0 Å². The molecule has 1 N–H and O–H groups in total. The zero-order valence-electron chi connectivity index (χ0n) is 14.7. The second-order valence-corrected chi connectivity index (χ2v) is 5.97. The first-order chi connectivity index (χ1) is 11.7. The fraction of sp³-hybridized carbons (Fsp3) is 0.250. The molecule has 0 spiro atoms. The Bertz CT molecular complexity index is 818. The molecular weight excluding hydrogens is 325 g/mol. The van der Waals surface area contributed by atoms with Crippen molar-refractivity contribution >= 4 is 17.6 Å². The minimum Gasteiger partial charge on any atom is -0.361 e. The molecule has 0 aromatic heterocycles. The number of hydrogen-bond acceptors (Lipinski definition) is 2. The Morgan fingerprint density at radius 2 is 1.52 bits per heavy atom. The van der Waals surface area contributed by atoms with E-state index >= 15 is 0 Å². The Balaban J connectivity index is 2.32. The van der Waals surface area contributed by atoms with Gasteiger partial charge in [0.1, 0.15) is 0 Å². The molecule has 132 valence electrons. The molecule has 2 aromatic carbocycles. The fourth-order valence-corrected chi connectivity index (χ4v) is 2.27. The van der Waals surface area contributed by atoms with Gasteiger partial charge in [-0.25, -0.2) is 0 Å². The maximum Gasteiger partial charge on any atom is 0.419 e. The number of nitrogens with one attached hydrogen (secondary N) is 1. The number of alkyl halides is 3. The molecule has 0 aliphatic heterocycles. The Labute approximate surface area is 146 Å². The molecule has 0 aliphatic rings. The van der Waals surface area contributed by atoms with Crippen LogP contribution in [0.15, 0.2) is 53.2 Å². The van der Waals surface area contributed by atoms with Crippen molar-refractivity contribution in [2.24, 2.45) is 4.99 Å². The molecule has 0 heterocycles. The van der Waals surface area contributed by atoms with Crippen LogP contribution in [-0.2, 0) is 0 Å². The van der Waals surface area contributed by atoms with E-state index in [1.165, 1.54) is 0 Å². The fourth-order valence-electron chi connectivity index (χ4n) is 2.27. The van der Waals surface area contributed by atoms with Gasteiger partial charge in [0.25, 0.3) is 0 Å². The quantitative estimate of drug-likeness (QED) is 0.657. The van der Waals surface area contributed by atoms with Crippen molar-refractivity contribution in [2.45, 2.75) is 33.9 Å². The zero-order valence-corrected chi connectivity index (χ0v) is 14.7. The van der Waals surface area contributed by atoms with Gasteiger partial charge in [0.05, 0.1) is 11.3 Å². The van der Waals surface area contributed by atoms with Gasteiger partial charge in [-0.15, -0.1) is 0 Å². The first-order valence-electron chi connectivity index (χ1n) is 7.90. The van der Waals surface area contributed by atoms with E-state index in [4.69, 9.17) is 0 Å². The zero-order chi connectivity index (χ0) is 18.6. The van der Waals surface area contributed by atoms with Crippen molar-refractivity contribution in [2.75, 3.05) is 5.32 Å². The van der Waals surface area contributed by atoms with Crippen LogP contribution in [0.5, 0.6) is 0 Å². The summed E-state index contributed by atoms with van der Waals surface area (Å²) < 4.78 is 39.9. The van der Waals surface area contributed by atoms with Crippen molar-refractivity contribution < 1.29 is 13.2 Å². The van der Waals surface area contributed by atoms with Crippen LogP contribution < -0.4 is 5.32 Å². The van der Waals surface area contributed by atoms with E-state index in [0.717, 1.165) is 34.7 Å². The highest BCUT2D eigenvalue weighted by Gasteiger charge is 2.32. The second kappa shape index (κ2) is 7.55. The maximum atomic E-state index is 13.3. The number of aryl methyl sites for hydroxylation is 2. The average Bonchev–Trinajstić information content (AvgIpc) is 2.53. The number of nitrogens with zero attached hydrogens (tertiary/aromatic N) is 1. The van der Waals surface area contributed by atoms with Crippen LogP contribution in [0.4, 0.5) is 24.5 Å². The molecule has 0 radical (unpaired) electrons. The highest BCUT2D eigenvalue weighted by atomic mass is 19.4. The average molecular weight is 346 g/mol. The third-order valence-corrected chi connectivity index (χ3v) is 4.23. The topological polar surface area (TPSA) is 24.4 Å². The third kappa shape index (κ3) is 4.72. The lowest BCUT2D eigenvalue weighted by molar-refractivity contribution is -0.0856. The van der Waals surface area contributed by atoms with Crippen molar-refractivity contribution in [3.8, 4) is 0 Å². The molecule has 25 heavy (non-hydrogen) atoms. The lowest BCUT2D eigenvalue weighted by Crippen LogP contribution is -2.14. The summed E-state index contributed by atoms with van der Waals surface area (Å²) in [4.78, 5) is 4.03. The molecule has 5 heteroatoms. The number of rotatable bonds is 4. The Hall–Kier alpha value is -2.56. The lowest BCUT2D eigenvalue weighted by Gasteiger charge is -2.11. The lowest BCUT2D eigenvalue weighted by atomic mass is 10.1. The summed E-state index contributed by atoms with van der Waals surface area (Å²) in [6, 6.07) is 10.8. The van der Waals surface area contributed by atoms with Gasteiger partial charge in [-0.2, -0.15) is 13.2 Å². The molecular formula is C20H21F3N2. The van der Waals surface area contributed by atoms with Gasteiger partial charge in [-0.05, 0) is 62.1 Å². The summed E-state index contributed by atoms with van der Waals surface area (Å²) in [7, 11) is 0. The van der Waals surface area contributed by atoms with Gasteiger partial charge < -0.3 is 5.32 Å². The highest BCUT2D eigenvalue weighted by Crippen LogP contribution is 2.27. The third-order valence-electron chi connectivity index (χ3n) is 4.23. The summed E-state index contributed by atoms with van der Waals surface area (Å²) in [5, 5.41) is 2.75. The predicted molar refractivity (Wildman–Crippen MR) is 97.7 cm³/mol. The molecule has 0 amide bonds. The normalized spacial score (nSPS) is 12.7. The van der Waals surface area contributed by atoms with E-state index in [1.54, 1.807) is 24.3 Å². The maximum absolute atomic E-state index is 13.3. The van der Waals surface area contributed by atoms with E-state index in [0.29, 0.717) is 11.4 Å². The number of anilines is 1. The molecule has 0 saturated carbocycles. The summed E-state index contributed by atoms with van der Waals surface area (Å²) in [6.45, 7) is 7.52. The van der Waals surface area contributed by atoms with Crippen molar-refractivity contribution in [1.29, 1.82) is 0 Å². The smallest absolute Gasteiger partial charge is 0.361 e. The summed E-state index contributed by atoms with van der Waals surface area (Å²) in [5.74, 6) is 0. The van der Waals surface area contributed by atoms with Crippen LogP contribution in [0.25, 0.3) is 0 Å². The van der Waals surface area contributed by atoms with Crippen molar-refractivity contribution in [1.82, 2.24) is 0 Å². The molecule has 0 saturated heterocycles. The molecule has 2 aromatic rings. The van der Waals surface area contributed by atoms with Gasteiger partial charge in [-0.3, -0.25) is 4.99 Å². The number of halogens is 3. The molecule has 0 aliphatic carbocycles. The monoisotopic (exact) mass is 346 g/mol. The summed E-state index contributed by atoms with van der Waals surface area (Å²) in [5.41, 5.74) is 4.10. The van der Waals surface area contributed by atoms with Gasteiger partial charge in [-0.1, -0.05) is 24.3 Å². The Kier molecular flexibility index (Phi) is 5.67. The highest BCUT2D eigenvalue weighted by molar-refractivity contribution is 5.83. The van der Waals surface area contributed by atoms with E-state index < -0.39 is 11.7 Å². The van der Waals surface area contributed by atoms with Crippen molar-refractivity contribution in [3.63, 3.8) is 0 Å². The van der Waals surface area contributed by atoms with Gasteiger partial charge >= 0.3 is 6.18 Å². The van der Waals surface area contributed by atoms with Crippen molar-refractivity contribution in [3.05, 3.63) is 70.4 Å². The van der Waals surface area contributed by atoms with Crippen LogP contribution in [0.1, 0.15) is 22.3 Å². The minimum atomic E-state index is -4.49. The van der Waals surface area contributed by atoms with E-state index in [1.807, 2.05) is 39.8 Å². The minimum absolute atomic E-state index is 0.530. The predicted octanol–water partition coefficient (Wildman–Crippen LogP) is 6.18. The number of allylic oxidation sites excluding steroid dienone is 1. The second-order valence-electron chi connectivity index (χ2n) is 5.97. The Morgan fingerprint density at radius 3 is 2.16 bits per heavy atom. The van der Waals surface area contributed by atoms with E-state index in [-0.39, 0.29) is 0 Å². The first-order valence-corrected chi connectivity index (χ1v) is 7.90. The summed E-state index contributed by atoms with van der Waals surface area (Å²) in [6.07, 6.45) is -2.68. The van der Waals surface area contributed by atoms with E-state index in [9.17, 15) is 13.2 Å². The first kappa shape index (κ1) is 18.8.